The molecule has 2 aliphatic carbocycles. The van der Waals surface area contributed by atoms with Gasteiger partial charge in [0.25, 0.3) is 5.91 Å². The van der Waals surface area contributed by atoms with Crippen molar-refractivity contribution in [2.75, 3.05) is 19.4 Å². The van der Waals surface area contributed by atoms with Crippen molar-refractivity contribution in [3.63, 3.8) is 0 Å². The molecule has 2 saturated carbocycles. The van der Waals surface area contributed by atoms with Crippen LogP contribution >= 0.6 is 0 Å². The maximum absolute atomic E-state index is 13.1. The first-order valence-corrected chi connectivity index (χ1v) is 13.2. The zero-order valence-corrected chi connectivity index (χ0v) is 21.8. The highest BCUT2D eigenvalue weighted by Crippen LogP contribution is 2.36. The van der Waals surface area contributed by atoms with E-state index in [1.165, 1.54) is 17.4 Å². The summed E-state index contributed by atoms with van der Waals surface area (Å²) in [6, 6.07) is 6.04. The number of nitrogens with one attached hydrogen (secondary N) is 1. The Morgan fingerprint density at radius 2 is 1.97 bits per heavy atom. The van der Waals surface area contributed by atoms with Gasteiger partial charge in [0.15, 0.2) is 17.8 Å². The van der Waals surface area contributed by atoms with Crippen molar-refractivity contribution in [2.45, 2.75) is 64.6 Å². The van der Waals surface area contributed by atoms with E-state index in [0.717, 1.165) is 53.7 Å². The third-order valence-electron chi connectivity index (χ3n) is 8.01. The standard InChI is InChI=1S/C28H36N6O3/c1-4-17-11-20(12-21(22(17)14-35)13-33(3)16(2)18-5-6-18)23-9-10-34-27(30-23)25(26(29)32-34)28(37)31-24(15-36)19-7-8-19/h9-12,14,16,18-19,24,36H,4-8,13,15H2,1-3H3,(H2,29,32)(H,31,37). The summed E-state index contributed by atoms with van der Waals surface area (Å²) in [7, 11) is 2.11. The van der Waals surface area contributed by atoms with E-state index in [-0.39, 0.29) is 29.9 Å². The van der Waals surface area contributed by atoms with Gasteiger partial charge in [-0.05, 0) is 87.2 Å². The minimum absolute atomic E-state index is 0.0940. The van der Waals surface area contributed by atoms with Crippen LogP contribution in [-0.4, -0.2) is 62.5 Å². The molecule has 2 unspecified atom stereocenters. The number of nitrogens with two attached hydrogens (primary N) is 1. The molecule has 0 saturated heterocycles. The Bertz CT molecular complexity index is 1330. The molecule has 9 nitrogen and oxygen atoms in total. The molecule has 2 heterocycles. The second-order valence-corrected chi connectivity index (χ2v) is 10.6. The highest BCUT2D eigenvalue weighted by atomic mass is 16.3. The average molecular weight is 505 g/mol. The van der Waals surface area contributed by atoms with Gasteiger partial charge in [0.05, 0.1) is 18.3 Å². The van der Waals surface area contributed by atoms with E-state index in [0.29, 0.717) is 29.8 Å². The minimum atomic E-state index is -0.384. The number of aliphatic hydroxyl groups excluding tert-OH is 1. The maximum atomic E-state index is 13.1. The van der Waals surface area contributed by atoms with E-state index in [2.05, 4.69) is 29.3 Å². The first-order chi connectivity index (χ1) is 17.8. The van der Waals surface area contributed by atoms with Gasteiger partial charge in [0.2, 0.25) is 0 Å². The molecule has 4 N–H and O–H groups in total. The summed E-state index contributed by atoms with van der Waals surface area (Å²) in [5.41, 5.74) is 10.9. The molecule has 0 bridgehead atoms. The number of aromatic nitrogens is 3. The number of nitrogens with zero attached hydrogens (tertiary/aromatic N) is 4. The third-order valence-corrected chi connectivity index (χ3v) is 8.01. The number of aldehydes is 1. The van der Waals surface area contributed by atoms with Crippen molar-refractivity contribution in [3.8, 4) is 11.3 Å². The van der Waals surface area contributed by atoms with Crippen LogP contribution in [0.2, 0.25) is 0 Å². The Hall–Kier alpha value is -3.30. The van der Waals surface area contributed by atoms with Gasteiger partial charge in [-0.1, -0.05) is 6.92 Å². The summed E-state index contributed by atoms with van der Waals surface area (Å²) in [5.74, 6) is 0.731. The van der Waals surface area contributed by atoms with Crippen LogP contribution in [0.15, 0.2) is 24.4 Å². The molecule has 37 heavy (non-hydrogen) atoms. The molecule has 1 aromatic carbocycles. The van der Waals surface area contributed by atoms with Gasteiger partial charge < -0.3 is 16.2 Å². The Morgan fingerprint density at radius 1 is 1.27 bits per heavy atom. The number of amides is 1. The van der Waals surface area contributed by atoms with E-state index in [4.69, 9.17) is 10.7 Å². The molecule has 3 aromatic rings. The minimum Gasteiger partial charge on any atom is -0.394 e. The number of carbonyl (C=O) groups is 2. The van der Waals surface area contributed by atoms with Crippen LogP contribution in [0.4, 0.5) is 5.82 Å². The van der Waals surface area contributed by atoms with Crippen molar-refractivity contribution >= 4 is 23.7 Å². The van der Waals surface area contributed by atoms with Crippen LogP contribution in [0, 0.1) is 11.8 Å². The fraction of sp³-hybridized carbons (Fsp3) is 0.500. The van der Waals surface area contributed by atoms with Crippen molar-refractivity contribution in [1.82, 2.24) is 24.8 Å². The van der Waals surface area contributed by atoms with E-state index in [1.807, 2.05) is 25.1 Å². The molecule has 196 valence electrons. The molecular weight excluding hydrogens is 468 g/mol. The van der Waals surface area contributed by atoms with Gasteiger partial charge in [-0.2, -0.15) is 0 Å². The normalized spacial score (nSPS) is 17.2. The summed E-state index contributed by atoms with van der Waals surface area (Å²) in [6.07, 6.45) is 7.94. The lowest BCUT2D eigenvalue weighted by Gasteiger charge is -2.26. The van der Waals surface area contributed by atoms with Crippen LogP contribution in [0.3, 0.4) is 0 Å². The van der Waals surface area contributed by atoms with E-state index >= 15 is 0 Å². The van der Waals surface area contributed by atoms with Crippen LogP contribution in [0.25, 0.3) is 16.9 Å². The van der Waals surface area contributed by atoms with Crippen LogP contribution < -0.4 is 11.1 Å². The Kier molecular flexibility index (Phi) is 7.00. The maximum Gasteiger partial charge on any atom is 0.259 e. The fourth-order valence-corrected chi connectivity index (χ4v) is 5.23. The molecule has 0 radical (unpaired) electrons. The fourth-order valence-electron chi connectivity index (χ4n) is 5.23. The second kappa shape index (κ2) is 10.2. The summed E-state index contributed by atoms with van der Waals surface area (Å²) < 4.78 is 1.51. The third kappa shape index (κ3) is 5.10. The Morgan fingerprint density at radius 3 is 2.59 bits per heavy atom. The quantitative estimate of drug-likeness (QED) is 0.343. The number of rotatable bonds is 11. The summed E-state index contributed by atoms with van der Waals surface area (Å²) in [4.78, 5) is 32.3. The second-order valence-electron chi connectivity index (χ2n) is 10.6. The number of hydrogen-bond acceptors (Lipinski definition) is 7. The topological polar surface area (TPSA) is 126 Å². The molecule has 5 rings (SSSR count). The van der Waals surface area contributed by atoms with Crippen molar-refractivity contribution in [3.05, 3.63) is 46.6 Å². The van der Waals surface area contributed by atoms with Gasteiger partial charge in [0, 0.05) is 29.9 Å². The number of nitrogen functional groups attached to an aromatic ring is 1. The lowest BCUT2D eigenvalue weighted by molar-refractivity contribution is 0.0910. The molecule has 1 amide bonds. The number of aliphatic hydroxyl groups is 1. The van der Waals surface area contributed by atoms with Gasteiger partial charge in [0.1, 0.15) is 5.56 Å². The van der Waals surface area contributed by atoms with E-state index < -0.39 is 0 Å². The molecule has 0 spiro atoms. The predicted octanol–water partition coefficient (Wildman–Crippen LogP) is 3.08. The molecule has 9 heteroatoms. The molecule has 2 fully saturated rings. The largest absolute Gasteiger partial charge is 0.394 e. The Labute approximate surface area is 217 Å². The van der Waals surface area contributed by atoms with E-state index in [1.54, 1.807) is 6.20 Å². The smallest absolute Gasteiger partial charge is 0.259 e. The summed E-state index contributed by atoms with van der Waals surface area (Å²) >= 11 is 0. The Balaban J connectivity index is 1.51. The average Bonchev–Trinajstić information content (AvgIpc) is 3.82. The highest BCUT2D eigenvalue weighted by molar-refractivity contribution is 6.04. The molecule has 2 aromatic heterocycles. The van der Waals surface area contributed by atoms with Gasteiger partial charge in [-0.25, -0.2) is 9.50 Å². The molecule has 2 aliphatic rings. The van der Waals surface area contributed by atoms with Crippen molar-refractivity contribution in [2.24, 2.45) is 11.8 Å². The summed E-state index contributed by atoms with van der Waals surface area (Å²) in [5, 5.41) is 16.9. The van der Waals surface area contributed by atoms with Crippen LogP contribution in [-0.2, 0) is 13.0 Å². The monoisotopic (exact) mass is 504 g/mol. The number of benzene rings is 1. The van der Waals surface area contributed by atoms with E-state index in [9.17, 15) is 14.7 Å². The predicted molar refractivity (Wildman–Crippen MR) is 142 cm³/mol. The molecule has 0 aliphatic heterocycles. The lowest BCUT2D eigenvalue weighted by Crippen LogP contribution is -2.39. The van der Waals surface area contributed by atoms with Crippen molar-refractivity contribution in [1.29, 1.82) is 0 Å². The highest BCUT2D eigenvalue weighted by Gasteiger charge is 2.33. The van der Waals surface area contributed by atoms with Gasteiger partial charge in [-0.3, -0.25) is 14.5 Å². The number of anilines is 1. The molecular formula is C28H36N6O3. The first-order valence-electron chi connectivity index (χ1n) is 13.2. The van der Waals surface area contributed by atoms with Crippen LogP contribution in [0.5, 0.6) is 0 Å². The number of carbonyl (C=O) groups excluding carboxylic acids is 2. The number of hydrogen-bond donors (Lipinski definition) is 3. The zero-order chi connectivity index (χ0) is 26.3. The lowest BCUT2D eigenvalue weighted by atomic mass is 9.94. The zero-order valence-electron chi connectivity index (χ0n) is 21.8. The van der Waals surface area contributed by atoms with Gasteiger partial charge in [-0.15, -0.1) is 5.10 Å². The van der Waals surface area contributed by atoms with Crippen molar-refractivity contribution < 1.29 is 14.7 Å². The SMILES string of the molecule is CCc1cc(-c2ccn3nc(N)c(C(=O)NC(CO)C4CC4)c3n2)cc(CN(C)C(C)C2CC2)c1C=O. The first kappa shape index (κ1) is 25.4. The van der Waals surface area contributed by atoms with Crippen LogP contribution in [0.1, 0.15) is 71.4 Å². The molecule has 2 atom stereocenters. The van der Waals surface area contributed by atoms with Gasteiger partial charge >= 0.3 is 0 Å². The number of fused-ring (bicyclic) bond motifs is 1. The number of aryl methyl sites for hydroxylation is 1. The summed E-state index contributed by atoms with van der Waals surface area (Å²) in [6.45, 7) is 4.85.